The smallest absolute Gasteiger partial charge is 0.410 e. The number of piperidine rings is 1. The van der Waals surface area contributed by atoms with Crippen molar-refractivity contribution in [1.82, 2.24) is 19.9 Å². The molecule has 47 heavy (non-hydrogen) atoms. The van der Waals surface area contributed by atoms with Crippen molar-refractivity contribution in [2.45, 2.75) is 84.8 Å². The van der Waals surface area contributed by atoms with E-state index in [2.05, 4.69) is 34.3 Å². The molecule has 0 bridgehead atoms. The molecule has 1 saturated carbocycles. The molecule has 246 valence electrons. The third kappa shape index (κ3) is 7.72. The first-order valence-corrected chi connectivity index (χ1v) is 16.8. The minimum absolute atomic E-state index is 0.00684. The van der Waals surface area contributed by atoms with Crippen LogP contribution in [-0.4, -0.2) is 56.5 Å². The van der Waals surface area contributed by atoms with Crippen LogP contribution in [0.5, 0.6) is 11.6 Å². The van der Waals surface area contributed by atoms with E-state index in [-0.39, 0.29) is 18.1 Å². The fourth-order valence-electron chi connectivity index (χ4n) is 6.74. The summed E-state index contributed by atoms with van der Waals surface area (Å²) in [4.78, 5) is 41.6. The van der Waals surface area contributed by atoms with E-state index >= 15 is 0 Å². The summed E-state index contributed by atoms with van der Waals surface area (Å²) in [5, 5.41) is 5.39. The summed E-state index contributed by atoms with van der Waals surface area (Å²) in [6.07, 6.45) is 8.41. The number of aryl methyl sites for hydroxylation is 1. The molecule has 6 rings (SSSR count). The van der Waals surface area contributed by atoms with E-state index in [9.17, 15) is 9.59 Å². The molecule has 2 aromatic heterocycles. The van der Waals surface area contributed by atoms with E-state index in [1.165, 1.54) is 0 Å². The second kappa shape index (κ2) is 13.7. The molecule has 3 atom stereocenters. The van der Waals surface area contributed by atoms with E-state index in [0.717, 1.165) is 59.6 Å². The largest absolute Gasteiger partial charge is 0.444 e. The predicted molar refractivity (Wildman–Crippen MR) is 184 cm³/mol. The molecule has 1 aliphatic heterocycles. The number of fused-ring (bicyclic) bond motifs is 1. The summed E-state index contributed by atoms with van der Waals surface area (Å²) >= 11 is 0. The Balaban J connectivity index is 1.22. The highest BCUT2D eigenvalue weighted by Gasteiger charge is 2.29. The van der Waals surface area contributed by atoms with Crippen molar-refractivity contribution < 1.29 is 19.1 Å². The van der Waals surface area contributed by atoms with Gasteiger partial charge in [0.1, 0.15) is 17.1 Å². The quantitative estimate of drug-likeness (QED) is 0.207. The van der Waals surface area contributed by atoms with Crippen molar-refractivity contribution in [3.8, 4) is 22.9 Å². The van der Waals surface area contributed by atoms with E-state index in [4.69, 9.17) is 14.5 Å². The highest BCUT2D eigenvalue weighted by molar-refractivity contribution is 5.95. The number of ketones is 1. The Labute approximate surface area is 277 Å². The number of hydrogen-bond acceptors (Lipinski definition) is 8. The second-order valence-electron chi connectivity index (χ2n) is 14.1. The number of carbonyl (C=O) groups is 2. The number of ether oxygens (including phenoxy) is 2. The molecule has 9 heteroatoms. The Hall–Kier alpha value is -4.53. The van der Waals surface area contributed by atoms with Crippen molar-refractivity contribution in [3.63, 3.8) is 0 Å². The average Bonchev–Trinajstić information content (AvgIpc) is 3.48. The molecule has 0 radical (unpaired) electrons. The van der Waals surface area contributed by atoms with Gasteiger partial charge in [0.05, 0.1) is 11.3 Å². The second-order valence-corrected chi connectivity index (χ2v) is 14.1. The van der Waals surface area contributed by atoms with Crippen molar-refractivity contribution >= 4 is 28.6 Å². The highest BCUT2D eigenvalue weighted by Crippen LogP contribution is 2.38. The SMILES string of the molecule is Cc1ccc2c(CC(=O)[C@@H]3CCC(C)C3)cccc2c1Oc1ncccc1-c1ccnc(N[C@H]2CCCN(C(=O)OC(C)(C)C)C2)n1. The maximum Gasteiger partial charge on any atom is 0.410 e. The van der Waals surface area contributed by atoms with Crippen LogP contribution in [0.25, 0.3) is 22.0 Å². The van der Waals surface area contributed by atoms with Gasteiger partial charge >= 0.3 is 6.09 Å². The van der Waals surface area contributed by atoms with Crippen molar-refractivity contribution in [2.75, 3.05) is 18.4 Å². The molecule has 9 nitrogen and oxygen atoms in total. The molecule has 2 aromatic carbocycles. The molecule has 1 unspecified atom stereocenters. The van der Waals surface area contributed by atoms with E-state index < -0.39 is 5.60 Å². The molecule has 1 amide bonds. The Kier molecular flexibility index (Phi) is 9.43. The summed E-state index contributed by atoms with van der Waals surface area (Å²) in [5.74, 6) is 2.73. The van der Waals surface area contributed by atoms with Crippen LogP contribution in [0.3, 0.4) is 0 Å². The van der Waals surface area contributed by atoms with Crippen LogP contribution in [0.1, 0.15) is 70.9 Å². The molecular formula is C38H45N5O4. The number of rotatable bonds is 8. The van der Waals surface area contributed by atoms with E-state index in [1.54, 1.807) is 17.3 Å². The number of benzene rings is 2. The van der Waals surface area contributed by atoms with E-state index in [0.29, 0.717) is 54.5 Å². The van der Waals surface area contributed by atoms with Crippen LogP contribution in [0.4, 0.5) is 10.7 Å². The fraction of sp³-hybridized carbons (Fsp3) is 0.447. The Morgan fingerprint density at radius 3 is 2.62 bits per heavy atom. The average molecular weight is 636 g/mol. The molecule has 3 heterocycles. The van der Waals surface area contributed by atoms with Gasteiger partial charge in [0.2, 0.25) is 11.8 Å². The number of nitrogens with one attached hydrogen (secondary N) is 1. The standard InChI is InChI=1S/C38H45N5O4/c1-24-13-15-27(21-24)33(44)22-26-9-6-11-30-29(26)16-14-25(2)34(30)46-35-31(12-7-18-39-35)32-17-19-40-36(42-32)41-28-10-8-20-43(23-28)37(45)47-38(3,4)5/h6-7,9,11-12,14,16-19,24,27-28H,8,10,13,15,20-23H2,1-5H3,(H,40,41,42)/t24?,27-,28+/m1/s1. The zero-order valence-corrected chi connectivity index (χ0v) is 28.1. The number of amides is 1. The molecule has 4 aromatic rings. The summed E-state index contributed by atoms with van der Waals surface area (Å²) in [7, 11) is 0. The van der Waals surface area contributed by atoms with Gasteiger partial charge < -0.3 is 19.7 Å². The van der Waals surface area contributed by atoms with Crippen molar-refractivity contribution in [2.24, 2.45) is 11.8 Å². The molecule has 2 fully saturated rings. The summed E-state index contributed by atoms with van der Waals surface area (Å²) in [6, 6.07) is 15.9. The Bertz CT molecular complexity index is 1770. The monoisotopic (exact) mass is 635 g/mol. The zero-order chi connectivity index (χ0) is 33.1. The van der Waals surface area contributed by atoms with Crippen LogP contribution < -0.4 is 10.1 Å². The first-order valence-electron chi connectivity index (χ1n) is 16.8. The van der Waals surface area contributed by atoms with Crippen molar-refractivity contribution in [3.05, 3.63) is 72.1 Å². The maximum atomic E-state index is 13.2. The number of nitrogens with zero attached hydrogens (tertiary/aromatic N) is 4. The molecule has 1 aliphatic carbocycles. The molecule has 2 aliphatic rings. The number of anilines is 1. The first kappa shape index (κ1) is 32.4. The Morgan fingerprint density at radius 1 is 0.979 bits per heavy atom. The lowest BCUT2D eigenvalue weighted by Gasteiger charge is -2.34. The minimum atomic E-state index is -0.543. The number of carbonyl (C=O) groups excluding carboxylic acids is 2. The van der Waals surface area contributed by atoms with Crippen LogP contribution >= 0.6 is 0 Å². The van der Waals surface area contributed by atoms with Crippen LogP contribution in [0.2, 0.25) is 0 Å². The van der Waals surface area contributed by atoms with Gasteiger partial charge in [-0.3, -0.25) is 4.79 Å². The summed E-state index contributed by atoms with van der Waals surface area (Å²) in [5.41, 5.74) is 2.85. The summed E-state index contributed by atoms with van der Waals surface area (Å²) < 4.78 is 12.2. The van der Waals surface area contributed by atoms with E-state index in [1.807, 2.05) is 64.1 Å². The lowest BCUT2D eigenvalue weighted by molar-refractivity contribution is -0.122. The number of aromatic nitrogens is 3. The highest BCUT2D eigenvalue weighted by atomic mass is 16.6. The van der Waals surface area contributed by atoms with Gasteiger partial charge in [-0.15, -0.1) is 0 Å². The number of likely N-dealkylation sites (tertiary alicyclic amines) is 1. The normalized spacial score (nSPS) is 19.9. The van der Waals surface area contributed by atoms with Gasteiger partial charge in [-0.25, -0.2) is 19.7 Å². The van der Waals surface area contributed by atoms with Gasteiger partial charge in [0.25, 0.3) is 0 Å². The van der Waals surface area contributed by atoms with Gasteiger partial charge in [-0.05, 0) is 100 Å². The number of hydrogen-bond donors (Lipinski definition) is 1. The fourth-order valence-corrected chi connectivity index (χ4v) is 6.74. The zero-order valence-electron chi connectivity index (χ0n) is 28.1. The van der Waals surface area contributed by atoms with Crippen LogP contribution in [0.15, 0.2) is 60.9 Å². The molecular weight excluding hydrogens is 590 g/mol. The third-order valence-corrected chi connectivity index (χ3v) is 9.12. The minimum Gasteiger partial charge on any atom is -0.444 e. The van der Waals surface area contributed by atoms with Gasteiger partial charge in [-0.1, -0.05) is 37.3 Å². The van der Waals surface area contributed by atoms with Gasteiger partial charge in [0, 0.05) is 49.2 Å². The number of Topliss-reactive ketones (excluding diaryl/α,β-unsaturated/α-hetero) is 1. The Morgan fingerprint density at radius 2 is 1.83 bits per heavy atom. The lowest BCUT2D eigenvalue weighted by atomic mass is 9.92. The molecule has 1 saturated heterocycles. The lowest BCUT2D eigenvalue weighted by Crippen LogP contribution is -2.47. The predicted octanol–water partition coefficient (Wildman–Crippen LogP) is 8.15. The third-order valence-electron chi connectivity index (χ3n) is 9.12. The maximum absolute atomic E-state index is 13.2. The number of pyridine rings is 1. The van der Waals surface area contributed by atoms with Crippen LogP contribution in [-0.2, 0) is 16.0 Å². The topological polar surface area (TPSA) is 107 Å². The van der Waals surface area contributed by atoms with Crippen LogP contribution in [0, 0.1) is 18.8 Å². The van der Waals surface area contributed by atoms with Gasteiger partial charge in [-0.2, -0.15) is 0 Å². The first-order chi connectivity index (χ1) is 22.5. The van der Waals surface area contributed by atoms with Gasteiger partial charge in [0.15, 0.2) is 0 Å². The molecule has 1 N–H and O–H groups in total. The summed E-state index contributed by atoms with van der Waals surface area (Å²) in [6.45, 7) is 11.1. The van der Waals surface area contributed by atoms with Crippen molar-refractivity contribution in [1.29, 1.82) is 0 Å². The molecule has 0 spiro atoms.